The predicted octanol–water partition coefficient (Wildman–Crippen LogP) is 4.01. The second kappa shape index (κ2) is 8.48. The average Bonchev–Trinajstić information content (AvgIpc) is 3.39. The lowest BCUT2D eigenvalue weighted by Gasteiger charge is -2.15. The van der Waals surface area contributed by atoms with Crippen molar-refractivity contribution in [3.8, 4) is 5.75 Å². The molecule has 1 fully saturated rings. The van der Waals surface area contributed by atoms with Crippen molar-refractivity contribution in [2.24, 2.45) is 0 Å². The van der Waals surface area contributed by atoms with Crippen molar-refractivity contribution in [2.45, 2.75) is 25.8 Å². The van der Waals surface area contributed by atoms with E-state index in [9.17, 15) is 4.79 Å². The Hall–Kier alpha value is -2.79. The fraction of sp³-hybridized carbons (Fsp3) is 0.348. The third-order valence-corrected chi connectivity index (χ3v) is 5.32. The van der Waals surface area contributed by atoms with Crippen LogP contribution in [-0.4, -0.2) is 37.6 Å². The van der Waals surface area contributed by atoms with E-state index in [1.54, 1.807) is 7.11 Å². The van der Waals surface area contributed by atoms with Gasteiger partial charge in [0.05, 0.1) is 7.11 Å². The lowest BCUT2D eigenvalue weighted by Crippen LogP contribution is -2.25. The third kappa shape index (κ3) is 4.04. The number of furan rings is 1. The summed E-state index contributed by atoms with van der Waals surface area (Å²) in [6.07, 6.45) is 3.29. The van der Waals surface area contributed by atoms with Crippen molar-refractivity contribution in [3.63, 3.8) is 0 Å². The Bertz CT molecular complexity index is 943. The minimum absolute atomic E-state index is 0.193. The Morgan fingerprint density at radius 3 is 2.68 bits per heavy atom. The second-order valence-electron chi connectivity index (χ2n) is 7.26. The number of nitrogens with one attached hydrogen (secondary N) is 1. The fourth-order valence-corrected chi connectivity index (χ4v) is 3.80. The first-order chi connectivity index (χ1) is 13.7. The van der Waals surface area contributed by atoms with Gasteiger partial charge < -0.3 is 14.5 Å². The highest BCUT2D eigenvalue weighted by atomic mass is 16.5. The van der Waals surface area contributed by atoms with Crippen LogP contribution in [0.15, 0.2) is 52.9 Å². The highest BCUT2D eigenvalue weighted by molar-refractivity contribution is 5.98. The summed E-state index contributed by atoms with van der Waals surface area (Å²) < 4.78 is 11.3. The zero-order valence-electron chi connectivity index (χ0n) is 16.2. The largest absolute Gasteiger partial charge is 0.493 e. The standard InChI is InChI=1S/C23H26N2O3/c1-27-20-10-9-18(16-25-13-5-6-14-25)19-15-21(28-22(19)20)23(26)24-12-11-17-7-3-2-4-8-17/h2-4,7-10,15H,5-6,11-14,16H2,1H3,(H,24,26). The Labute approximate surface area is 165 Å². The van der Waals surface area contributed by atoms with Crippen LogP contribution in [0.4, 0.5) is 0 Å². The monoisotopic (exact) mass is 378 g/mol. The van der Waals surface area contributed by atoms with Gasteiger partial charge in [-0.15, -0.1) is 0 Å². The molecule has 1 aliphatic rings. The molecule has 2 heterocycles. The molecule has 1 N–H and O–H groups in total. The van der Waals surface area contributed by atoms with Crippen LogP contribution < -0.4 is 10.1 Å². The van der Waals surface area contributed by atoms with E-state index in [0.29, 0.717) is 23.6 Å². The third-order valence-electron chi connectivity index (χ3n) is 5.32. The van der Waals surface area contributed by atoms with Gasteiger partial charge in [-0.3, -0.25) is 9.69 Å². The number of likely N-dealkylation sites (tertiary alicyclic amines) is 1. The number of hydrogen-bond acceptors (Lipinski definition) is 4. The number of methoxy groups -OCH3 is 1. The van der Waals surface area contributed by atoms with E-state index in [0.717, 1.165) is 31.4 Å². The molecule has 0 saturated carbocycles. The van der Waals surface area contributed by atoms with Crippen molar-refractivity contribution >= 4 is 16.9 Å². The van der Waals surface area contributed by atoms with Crippen molar-refractivity contribution in [1.82, 2.24) is 10.2 Å². The molecule has 146 valence electrons. The molecule has 4 rings (SSSR count). The zero-order chi connectivity index (χ0) is 19.3. The van der Waals surface area contributed by atoms with E-state index in [1.165, 1.54) is 24.0 Å². The molecule has 0 unspecified atom stereocenters. The number of carbonyl (C=O) groups is 1. The van der Waals surface area contributed by atoms with E-state index < -0.39 is 0 Å². The normalized spacial score (nSPS) is 14.5. The van der Waals surface area contributed by atoms with Crippen LogP contribution in [0.2, 0.25) is 0 Å². The van der Waals surface area contributed by atoms with Crippen LogP contribution in [0, 0.1) is 0 Å². The molecule has 1 aliphatic heterocycles. The van der Waals surface area contributed by atoms with Gasteiger partial charge in [0, 0.05) is 18.5 Å². The summed E-state index contributed by atoms with van der Waals surface area (Å²) in [5.74, 6) is 0.792. The van der Waals surface area contributed by atoms with E-state index in [-0.39, 0.29) is 5.91 Å². The van der Waals surface area contributed by atoms with Gasteiger partial charge in [-0.25, -0.2) is 0 Å². The summed E-state index contributed by atoms with van der Waals surface area (Å²) in [7, 11) is 1.62. The van der Waals surface area contributed by atoms with Crippen molar-refractivity contribution in [1.29, 1.82) is 0 Å². The van der Waals surface area contributed by atoms with Crippen LogP contribution in [0.1, 0.15) is 34.5 Å². The van der Waals surface area contributed by atoms with E-state index in [1.807, 2.05) is 30.3 Å². The number of ether oxygens (including phenoxy) is 1. The number of rotatable bonds is 7. The number of amides is 1. The van der Waals surface area contributed by atoms with Crippen LogP contribution in [0.5, 0.6) is 5.75 Å². The van der Waals surface area contributed by atoms with E-state index in [2.05, 4.69) is 28.4 Å². The molecule has 0 aliphatic carbocycles. The smallest absolute Gasteiger partial charge is 0.287 e. The molecule has 0 bridgehead atoms. The Morgan fingerprint density at radius 2 is 1.93 bits per heavy atom. The van der Waals surface area contributed by atoms with Gasteiger partial charge >= 0.3 is 0 Å². The molecule has 0 atom stereocenters. The molecule has 0 radical (unpaired) electrons. The van der Waals surface area contributed by atoms with E-state index >= 15 is 0 Å². The van der Waals surface area contributed by atoms with Crippen LogP contribution in [0.25, 0.3) is 11.0 Å². The SMILES string of the molecule is COc1ccc(CN2CCCC2)c2cc(C(=O)NCCc3ccccc3)oc12. The maximum atomic E-state index is 12.6. The molecule has 1 amide bonds. The summed E-state index contributed by atoms with van der Waals surface area (Å²) in [5, 5.41) is 3.91. The Kier molecular flexibility index (Phi) is 5.63. The van der Waals surface area contributed by atoms with Crippen LogP contribution in [0.3, 0.4) is 0 Å². The maximum absolute atomic E-state index is 12.6. The van der Waals surface area contributed by atoms with E-state index in [4.69, 9.17) is 9.15 Å². The minimum Gasteiger partial charge on any atom is -0.493 e. The molecule has 3 aromatic rings. The fourth-order valence-electron chi connectivity index (χ4n) is 3.80. The molecule has 2 aromatic carbocycles. The van der Waals surface area contributed by atoms with Crippen molar-refractivity contribution in [2.75, 3.05) is 26.7 Å². The maximum Gasteiger partial charge on any atom is 0.287 e. The number of fused-ring (bicyclic) bond motifs is 1. The topological polar surface area (TPSA) is 54.7 Å². The lowest BCUT2D eigenvalue weighted by molar-refractivity contribution is 0.0928. The molecular formula is C23H26N2O3. The number of benzene rings is 2. The quantitative estimate of drug-likeness (QED) is 0.675. The van der Waals surface area contributed by atoms with Gasteiger partial charge in [-0.05, 0) is 55.6 Å². The number of carbonyl (C=O) groups excluding carboxylic acids is 1. The first-order valence-corrected chi connectivity index (χ1v) is 9.88. The number of hydrogen-bond donors (Lipinski definition) is 1. The van der Waals surface area contributed by atoms with Gasteiger partial charge in [0.2, 0.25) is 0 Å². The Morgan fingerprint density at radius 1 is 1.14 bits per heavy atom. The highest BCUT2D eigenvalue weighted by Crippen LogP contribution is 2.32. The van der Waals surface area contributed by atoms with Gasteiger partial charge in [0.1, 0.15) is 0 Å². The van der Waals surface area contributed by atoms with Gasteiger partial charge in [-0.1, -0.05) is 36.4 Å². The first-order valence-electron chi connectivity index (χ1n) is 9.88. The molecule has 5 nitrogen and oxygen atoms in total. The molecule has 0 spiro atoms. The predicted molar refractivity (Wildman–Crippen MR) is 110 cm³/mol. The van der Waals surface area contributed by atoms with Gasteiger partial charge in [0.25, 0.3) is 5.91 Å². The lowest BCUT2D eigenvalue weighted by atomic mass is 10.1. The summed E-state index contributed by atoms with van der Waals surface area (Å²) in [5.41, 5.74) is 3.01. The zero-order valence-corrected chi connectivity index (χ0v) is 16.2. The average molecular weight is 378 g/mol. The van der Waals surface area contributed by atoms with Crippen molar-refractivity contribution in [3.05, 3.63) is 65.4 Å². The molecule has 1 saturated heterocycles. The van der Waals surface area contributed by atoms with Crippen LogP contribution >= 0.6 is 0 Å². The first kappa shape index (κ1) is 18.6. The summed E-state index contributed by atoms with van der Waals surface area (Å²) in [6.45, 7) is 3.68. The molecule has 1 aromatic heterocycles. The molecule has 28 heavy (non-hydrogen) atoms. The highest BCUT2D eigenvalue weighted by Gasteiger charge is 2.19. The summed E-state index contributed by atoms with van der Waals surface area (Å²) in [4.78, 5) is 15.0. The van der Waals surface area contributed by atoms with Crippen molar-refractivity contribution < 1.29 is 13.9 Å². The molecular weight excluding hydrogens is 352 g/mol. The summed E-state index contributed by atoms with van der Waals surface area (Å²) >= 11 is 0. The second-order valence-corrected chi connectivity index (χ2v) is 7.26. The van der Waals surface area contributed by atoms with Gasteiger partial charge in [0.15, 0.2) is 17.1 Å². The van der Waals surface area contributed by atoms with Gasteiger partial charge in [-0.2, -0.15) is 0 Å². The molecule has 5 heteroatoms. The summed E-state index contributed by atoms with van der Waals surface area (Å²) in [6, 6.07) is 16.0. The number of nitrogens with zero attached hydrogens (tertiary/aromatic N) is 1. The minimum atomic E-state index is -0.193. The van der Waals surface area contributed by atoms with Crippen LogP contribution in [-0.2, 0) is 13.0 Å². The Balaban J connectivity index is 1.51.